The Hall–Kier alpha value is -0.850. The molecule has 0 aliphatic heterocycles. The first-order valence-corrected chi connectivity index (χ1v) is 5.44. The lowest BCUT2D eigenvalue weighted by molar-refractivity contribution is 0.572. The summed E-state index contributed by atoms with van der Waals surface area (Å²) in [6, 6.07) is 0. The number of primary sulfonamides is 1. The van der Waals surface area contributed by atoms with Crippen LogP contribution < -0.4 is 16.4 Å². The van der Waals surface area contributed by atoms with Crippen molar-refractivity contribution in [2.24, 2.45) is 16.9 Å². The van der Waals surface area contributed by atoms with Crippen molar-refractivity contribution in [2.75, 3.05) is 0 Å². The van der Waals surface area contributed by atoms with Crippen molar-refractivity contribution >= 4 is 10.0 Å². The van der Waals surface area contributed by atoms with Crippen LogP contribution in [-0.4, -0.2) is 13.7 Å². The fraction of sp³-hybridized carbons (Fsp3) is 0.429. The molecule has 5 N–H and O–H groups in total. The van der Waals surface area contributed by atoms with Gasteiger partial charge in [0, 0.05) is 5.70 Å². The highest BCUT2D eigenvalue weighted by Gasteiger charge is 2.26. The van der Waals surface area contributed by atoms with Gasteiger partial charge in [-0.1, -0.05) is 19.1 Å². The maximum absolute atomic E-state index is 11.0. The summed E-state index contributed by atoms with van der Waals surface area (Å²) in [5.74, 6) is 5.01. The van der Waals surface area contributed by atoms with Crippen LogP contribution in [0.1, 0.15) is 6.92 Å². The molecule has 1 aliphatic rings. The molecule has 0 bridgehead atoms. The van der Waals surface area contributed by atoms with Crippen molar-refractivity contribution in [1.82, 2.24) is 5.43 Å². The molecule has 6 heteroatoms. The number of allylic oxidation sites excluding steroid dienone is 2. The highest BCUT2D eigenvalue weighted by molar-refractivity contribution is 7.90. The lowest BCUT2D eigenvalue weighted by atomic mass is 10.0. The molecule has 0 fully saturated rings. The van der Waals surface area contributed by atoms with E-state index < -0.39 is 15.3 Å². The van der Waals surface area contributed by atoms with Crippen LogP contribution in [0.3, 0.4) is 0 Å². The molecule has 2 atom stereocenters. The average Bonchev–Trinajstić information content (AvgIpc) is 2.01. The van der Waals surface area contributed by atoms with E-state index >= 15 is 0 Å². The topological polar surface area (TPSA) is 98.2 Å². The van der Waals surface area contributed by atoms with Gasteiger partial charge in [0.05, 0.1) is 5.25 Å². The standard InChI is InChI=1S/C7H13N3O2S/c1-5-4-6(10-8)2-3-7(5)13(9,11)12/h2-5,7,10H,8H2,1H3,(H2,9,11,12). The molecule has 0 saturated heterocycles. The molecule has 5 nitrogen and oxygen atoms in total. The first kappa shape index (κ1) is 10.2. The quantitative estimate of drug-likeness (QED) is 0.404. The third kappa shape index (κ3) is 2.30. The molecule has 2 unspecified atom stereocenters. The van der Waals surface area contributed by atoms with Crippen molar-refractivity contribution in [2.45, 2.75) is 12.2 Å². The maximum Gasteiger partial charge on any atom is 0.216 e. The molecular formula is C7H13N3O2S. The zero-order chi connectivity index (χ0) is 10.1. The van der Waals surface area contributed by atoms with Gasteiger partial charge in [-0.25, -0.2) is 13.6 Å². The van der Waals surface area contributed by atoms with Crippen LogP contribution in [0.25, 0.3) is 0 Å². The largest absolute Gasteiger partial charge is 0.324 e. The number of hydrogen-bond donors (Lipinski definition) is 3. The Morgan fingerprint density at radius 1 is 1.54 bits per heavy atom. The SMILES string of the molecule is CC1C=C(NN)C=CC1S(N)(=O)=O. The van der Waals surface area contributed by atoms with Crippen LogP contribution in [0.4, 0.5) is 0 Å². The van der Waals surface area contributed by atoms with E-state index in [4.69, 9.17) is 11.0 Å². The van der Waals surface area contributed by atoms with Crippen molar-refractivity contribution in [3.8, 4) is 0 Å². The first-order chi connectivity index (χ1) is 5.95. The van der Waals surface area contributed by atoms with Crippen LogP contribution in [0, 0.1) is 5.92 Å². The molecule has 0 spiro atoms. The second-order valence-electron chi connectivity index (χ2n) is 3.04. The summed E-state index contributed by atoms with van der Waals surface area (Å²) in [4.78, 5) is 0. The third-order valence-corrected chi connectivity index (χ3v) is 3.32. The van der Waals surface area contributed by atoms with Crippen LogP contribution in [0.2, 0.25) is 0 Å². The molecule has 74 valence electrons. The minimum atomic E-state index is -3.51. The summed E-state index contributed by atoms with van der Waals surface area (Å²) in [5, 5.41) is 4.38. The summed E-state index contributed by atoms with van der Waals surface area (Å²) in [7, 11) is -3.51. The zero-order valence-corrected chi connectivity index (χ0v) is 8.08. The molecule has 0 aromatic heterocycles. The predicted octanol–water partition coefficient (Wildman–Crippen LogP) is -0.803. The van der Waals surface area contributed by atoms with Crippen molar-refractivity contribution < 1.29 is 8.42 Å². The Labute approximate surface area is 77.5 Å². The fourth-order valence-corrected chi connectivity index (χ4v) is 2.29. The molecule has 0 aromatic rings. The minimum absolute atomic E-state index is 0.161. The van der Waals surface area contributed by atoms with E-state index in [1.165, 1.54) is 6.08 Å². The van der Waals surface area contributed by atoms with Gasteiger partial charge in [-0.15, -0.1) is 0 Å². The lowest BCUT2D eigenvalue weighted by Gasteiger charge is -2.20. The van der Waals surface area contributed by atoms with Crippen LogP contribution in [0.5, 0.6) is 0 Å². The highest BCUT2D eigenvalue weighted by Crippen LogP contribution is 2.19. The predicted molar refractivity (Wildman–Crippen MR) is 50.6 cm³/mol. The summed E-state index contributed by atoms with van der Waals surface area (Å²) in [5.41, 5.74) is 3.15. The van der Waals surface area contributed by atoms with Crippen LogP contribution in [0.15, 0.2) is 23.9 Å². The molecule has 1 aliphatic carbocycles. The number of hydrogen-bond acceptors (Lipinski definition) is 4. The monoisotopic (exact) mass is 203 g/mol. The summed E-state index contributed by atoms with van der Waals surface area (Å²) in [6.45, 7) is 1.77. The van der Waals surface area contributed by atoms with Gasteiger partial charge in [0.1, 0.15) is 0 Å². The van der Waals surface area contributed by atoms with E-state index in [-0.39, 0.29) is 5.92 Å². The van der Waals surface area contributed by atoms with Gasteiger partial charge in [0.25, 0.3) is 0 Å². The number of nitrogens with one attached hydrogen (secondary N) is 1. The van der Waals surface area contributed by atoms with E-state index in [2.05, 4.69) is 5.43 Å². The summed E-state index contributed by atoms with van der Waals surface area (Å²) < 4.78 is 22.1. The second-order valence-corrected chi connectivity index (χ2v) is 4.76. The van der Waals surface area contributed by atoms with Gasteiger partial charge < -0.3 is 5.43 Å². The molecule has 1 rings (SSSR count). The van der Waals surface area contributed by atoms with Gasteiger partial charge in [0.2, 0.25) is 10.0 Å². The van der Waals surface area contributed by atoms with Crippen molar-refractivity contribution in [3.63, 3.8) is 0 Å². The Balaban J connectivity index is 2.90. The van der Waals surface area contributed by atoms with Crippen LogP contribution in [-0.2, 0) is 10.0 Å². The molecule has 0 heterocycles. The third-order valence-electron chi connectivity index (χ3n) is 1.97. The van der Waals surface area contributed by atoms with Gasteiger partial charge in [-0.05, 0) is 12.0 Å². The normalized spacial score (nSPS) is 28.4. The Morgan fingerprint density at radius 3 is 2.54 bits per heavy atom. The van der Waals surface area contributed by atoms with Crippen molar-refractivity contribution in [1.29, 1.82) is 0 Å². The van der Waals surface area contributed by atoms with Gasteiger partial charge in [0.15, 0.2) is 0 Å². The van der Waals surface area contributed by atoms with E-state index in [0.717, 1.165) is 0 Å². The maximum atomic E-state index is 11.0. The lowest BCUT2D eigenvalue weighted by Crippen LogP contribution is -2.34. The summed E-state index contributed by atoms with van der Waals surface area (Å²) >= 11 is 0. The van der Waals surface area contributed by atoms with E-state index in [0.29, 0.717) is 5.70 Å². The Kier molecular flexibility index (Phi) is 2.74. The summed E-state index contributed by atoms with van der Waals surface area (Å²) in [6.07, 6.45) is 4.87. The van der Waals surface area contributed by atoms with Gasteiger partial charge >= 0.3 is 0 Å². The van der Waals surface area contributed by atoms with Gasteiger partial charge in [-0.2, -0.15) is 0 Å². The average molecular weight is 203 g/mol. The number of nitrogens with two attached hydrogens (primary N) is 2. The van der Waals surface area contributed by atoms with E-state index in [9.17, 15) is 8.42 Å². The molecule has 0 amide bonds. The highest BCUT2D eigenvalue weighted by atomic mass is 32.2. The van der Waals surface area contributed by atoms with Crippen molar-refractivity contribution in [3.05, 3.63) is 23.9 Å². The smallest absolute Gasteiger partial charge is 0.216 e. The van der Waals surface area contributed by atoms with E-state index in [1.54, 1.807) is 19.1 Å². The number of rotatable bonds is 2. The number of hydrazine groups is 1. The second kappa shape index (κ2) is 3.49. The molecule has 0 radical (unpaired) electrons. The fourth-order valence-electron chi connectivity index (χ4n) is 1.31. The van der Waals surface area contributed by atoms with Crippen LogP contribution >= 0.6 is 0 Å². The molecular weight excluding hydrogens is 190 g/mol. The minimum Gasteiger partial charge on any atom is -0.324 e. The zero-order valence-electron chi connectivity index (χ0n) is 7.27. The Bertz CT molecular complexity index is 345. The molecule has 13 heavy (non-hydrogen) atoms. The van der Waals surface area contributed by atoms with Gasteiger partial charge in [-0.3, -0.25) is 5.84 Å². The number of sulfonamides is 1. The Morgan fingerprint density at radius 2 is 2.15 bits per heavy atom. The first-order valence-electron chi connectivity index (χ1n) is 3.83. The molecule has 0 saturated carbocycles. The van der Waals surface area contributed by atoms with E-state index in [1.807, 2.05) is 0 Å². The molecule has 0 aromatic carbocycles.